The Hall–Kier alpha value is -0.930. The van der Waals surface area contributed by atoms with Crippen LogP contribution in [0.5, 0.6) is 0 Å². The van der Waals surface area contributed by atoms with Crippen LogP contribution in [-0.2, 0) is 16.0 Å². The lowest BCUT2D eigenvalue weighted by Gasteiger charge is -2.23. The highest BCUT2D eigenvalue weighted by molar-refractivity contribution is 6.18. The lowest BCUT2D eigenvalue weighted by molar-refractivity contribution is -0.142. The van der Waals surface area contributed by atoms with Crippen LogP contribution in [0.3, 0.4) is 0 Å². The predicted molar refractivity (Wildman–Crippen MR) is 117 cm³/mol. The Morgan fingerprint density at radius 1 is 0.889 bits per heavy atom. The second kappa shape index (κ2) is 16.1. The van der Waals surface area contributed by atoms with Gasteiger partial charge in [-0.25, -0.2) is 0 Å². The first kappa shape index (κ1) is 24.1. The van der Waals surface area contributed by atoms with Crippen molar-refractivity contribution in [3.05, 3.63) is 29.8 Å². The summed E-state index contributed by atoms with van der Waals surface area (Å²) in [7, 11) is 0. The average Bonchev–Trinajstić information content (AvgIpc) is 2.67. The summed E-state index contributed by atoms with van der Waals surface area (Å²) in [5.41, 5.74) is 2.05. The van der Waals surface area contributed by atoms with Crippen molar-refractivity contribution in [3.8, 4) is 0 Å². The highest BCUT2D eigenvalue weighted by atomic mass is 35.5. The number of nitrogens with zero attached hydrogens (tertiary/aromatic N) is 1. The maximum atomic E-state index is 12.0. The summed E-state index contributed by atoms with van der Waals surface area (Å²) in [4.78, 5) is 14.1. The molecule has 0 atom stereocenters. The standard InChI is InChI=1S/C22H35Cl2NO2/c1-2-3-4-5-6-7-8-9-18-27-22(26)19-20-10-12-21(13-11-20)25(16-14-23)17-15-24/h10-13H,2-9,14-19H2,1H3. The molecule has 5 heteroatoms. The first-order valence-electron chi connectivity index (χ1n) is 10.3. The minimum atomic E-state index is -0.149. The van der Waals surface area contributed by atoms with Crippen molar-refractivity contribution in [2.75, 3.05) is 36.4 Å². The highest BCUT2D eigenvalue weighted by Gasteiger charge is 2.08. The number of benzene rings is 1. The smallest absolute Gasteiger partial charge is 0.310 e. The van der Waals surface area contributed by atoms with Crippen molar-refractivity contribution in [1.29, 1.82) is 0 Å². The number of unbranched alkanes of at least 4 members (excludes halogenated alkanes) is 7. The Labute approximate surface area is 175 Å². The van der Waals surface area contributed by atoms with Gasteiger partial charge in [0.15, 0.2) is 0 Å². The molecule has 0 aliphatic heterocycles. The summed E-state index contributed by atoms with van der Waals surface area (Å²) < 4.78 is 5.36. The van der Waals surface area contributed by atoms with Crippen LogP contribution in [0, 0.1) is 0 Å². The molecule has 3 nitrogen and oxygen atoms in total. The molecule has 0 radical (unpaired) electrons. The SMILES string of the molecule is CCCCCCCCCCOC(=O)Cc1ccc(N(CCCl)CCCl)cc1. The third-order valence-electron chi connectivity index (χ3n) is 4.62. The van der Waals surface area contributed by atoms with Gasteiger partial charge in [0.05, 0.1) is 13.0 Å². The van der Waals surface area contributed by atoms with Gasteiger partial charge in [0.2, 0.25) is 0 Å². The first-order chi connectivity index (χ1) is 13.2. The quantitative estimate of drug-likeness (QED) is 0.183. The second-order valence-electron chi connectivity index (χ2n) is 6.90. The second-order valence-corrected chi connectivity index (χ2v) is 7.66. The summed E-state index contributed by atoms with van der Waals surface area (Å²) in [5, 5.41) is 0. The Balaban J connectivity index is 2.20. The summed E-state index contributed by atoms with van der Waals surface area (Å²) in [6.45, 7) is 4.29. The zero-order valence-corrected chi connectivity index (χ0v) is 18.2. The molecule has 1 aromatic rings. The molecule has 0 aromatic heterocycles. The molecule has 154 valence electrons. The predicted octanol–water partition coefficient (Wildman–Crippen LogP) is 6.20. The van der Waals surface area contributed by atoms with Gasteiger partial charge in [-0.2, -0.15) is 0 Å². The molecule has 0 saturated carbocycles. The summed E-state index contributed by atoms with van der Waals surface area (Å²) in [5.74, 6) is 0.969. The van der Waals surface area contributed by atoms with Crippen LogP contribution in [0.4, 0.5) is 5.69 Å². The molecule has 0 heterocycles. The van der Waals surface area contributed by atoms with E-state index in [0.717, 1.165) is 37.2 Å². The van der Waals surface area contributed by atoms with Crippen molar-refractivity contribution < 1.29 is 9.53 Å². The van der Waals surface area contributed by atoms with Gasteiger partial charge in [-0.15, -0.1) is 23.2 Å². The number of carbonyl (C=O) groups excluding carboxylic acids is 1. The van der Waals surface area contributed by atoms with E-state index < -0.39 is 0 Å². The number of rotatable bonds is 16. The molecule has 0 aliphatic rings. The summed E-state index contributed by atoms with van der Waals surface area (Å²) in [6.07, 6.45) is 10.3. The van der Waals surface area contributed by atoms with Gasteiger partial charge in [-0.05, 0) is 24.1 Å². The number of carbonyl (C=O) groups is 1. The minimum absolute atomic E-state index is 0.149. The number of halogens is 2. The highest BCUT2D eigenvalue weighted by Crippen LogP contribution is 2.16. The third kappa shape index (κ3) is 11.5. The summed E-state index contributed by atoms with van der Waals surface area (Å²) in [6, 6.07) is 7.98. The molecule has 0 saturated heterocycles. The normalized spacial score (nSPS) is 10.8. The molecular formula is C22H35Cl2NO2. The van der Waals surface area contributed by atoms with E-state index in [2.05, 4.69) is 11.8 Å². The average molecular weight is 416 g/mol. The van der Waals surface area contributed by atoms with E-state index in [9.17, 15) is 4.79 Å². The van der Waals surface area contributed by atoms with Gasteiger partial charge >= 0.3 is 5.97 Å². The minimum Gasteiger partial charge on any atom is -0.465 e. The molecule has 0 bridgehead atoms. The topological polar surface area (TPSA) is 29.5 Å². The van der Waals surface area contributed by atoms with Crippen molar-refractivity contribution in [2.24, 2.45) is 0 Å². The zero-order chi connectivity index (χ0) is 19.7. The monoisotopic (exact) mass is 415 g/mol. The van der Waals surface area contributed by atoms with E-state index in [-0.39, 0.29) is 5.97 Å². The fourth-order valence-corrected chi connectivity index (χ4v) is 3.45. The van der Waals surface area contributed by atoms with Crippen molar-refractivity contribution in [1.82, 2.24) is 0 Å². The maximum absolute atomic E-state index is 12.0. The van der Waals surface area contributed by atoms with Crippen LogP contribution >= 0.6 is 23.2 Å². The van der Waals surface area contributed by atoms with Gasteiger partial charge in [0.25, 0.3) is 0 Å². The van der Waals surface area contributed by atoms with E-state index >= 15 is 0 Å². The van der Waals surface area contributed by atoms with Crippen LogP contribution in [0.25, 0.3) is 0 Å². The maximum Gasteiger partial charge on any atom is 0.310 e. The van der Waals surface area contributed by atoms with E-state index in [0.29, 0.717) is 24.8 Å². The Morgan fingerprint density at radius 3 is 2.00 bits per heavy atom. The molecule has 27 heavy (non-hydrogen) atoms. The fourth-order valence-electron chi connectivity index (χ4n) is 3.04. The number of hydrogen-bond donors (Lipinski definition) is 0. The number of hydrogen-bond acceptors (Lipinski definition) is 3. The van der Waals surface area contributed by atoms with Crippen LogP contribution in [0.2, 0.25) is 0 Å². The zero-order valence-electron chi connectivity index (χ0n) is 16.7. The molecule has 0 aliphatic carbocycles. The molecule has 1 aromatic carbocycles. The van der Waals surface area contributed by atoms with Crippen LogP contribution in [0.1, 0.15) is 63.9 Å². The van der Waals surface area contributed by atoms with E-state index in [1.165, 1.54) is 38.5 Å². The lowest BCUT2D eigenvalue weighted by Crippen LogP contribution is -2.27. The molecular weight excluding hydrogens is 381 g/mol. The van der Waals surface area contributed by atoms with Crippen LogP contribution in [0.15, 0.2) is 24.3 Å². The number of alkyl halides is 2. The number of ether oxygens (including phenoxy) is 1. The van der Waals surface area contributed by atoms with E-state index in [4.69, 9.17) is 27.9 Å². The van der Waals surface area contributed by atoms with Crippen LogP contribution in [-0.4, -0.2) is 37.4 Å². The third-order valence-corrected chi connectivity index (χ3v) is 4.96. The molecule has 0 spiro atoms. The Bertz CT molecular complexity index is 488. The van der Waals surface area contributed by atoms with Gasteiger partial charge in [-0.1, -0.05) is 64.0 Å². The van der Waals surface area contributed by atoms with E-state index in [1.54, 1.807) is 0 Å². The summed E-state index contributed by atoms with van der Waals surface area (Å²) >= 11 is 11.7. The van der Waals surface area contributed by atoms with Gasteiger partial charge in [0.1, 0.15) is 0 Å². The molecule has 0 fully saturated rings. The molecule has 1 rings (SSSR count). The van der Waals surface area contributed by atoms with Gasteiger partial charge < -0.3 is 9.64 Å². The van der Waals surface area contributed by atoms with Crippen molar-refractivity contribution in [3.63, 3.8) is 0 Å². The first-order valence-corrected chi connectivity index (χ1v) is 11.4. The largest absolute Gasteiger partial charge is 0.465 e. The number of anilines is 1. The van der Waals surface area contributed by atoms with Gasteiger partial charge in [-0.3, -0.25) is 4.79 Å². The van der Waals surface area contributed by atoms with Crippen LogP contribution < -0.4 is 4.90 Å². The Morgan fingerprint density at radius 2 is 1.44 bits per heavy atom. The number of esters is 1. The van der Waals surface area contributed by atoms with Gasteiger partial charge in [0, 0.05) is 30.5 Å². The molecule has 0 unspecified atom stereocenters. The van der Waals surface area contributed by atoms with Crippen molar-refractivity contribution >= 4 is 34.9 Å². The molecule has 0 amide bonds. The van der Waals surface area contributed by atoms with Crippen molar-refractivity contribution in [2.45, 2.75) is 64.7 Å². The Kier molecular flexibility index (Phi) is 14.3. The lowest BCUT2D eigenvalue weighted by atomic mass is 10.1. The fraction of sp³-hybridized carbons (Fsp3) is 0.682. The molecule has 0 N–H and O–H groups in total. The van der Waals surface area contributed by atoms with E-state index in [1.807, 2.05) is 24.3 Å².